The van der Waals surface area contributed by atoms with Gasteiger partial charge in [-0.25, -0.2) is 4.98 Å². The number of primary amides is 1. The van der Waals surface area contributed by atoms with Crippen LogP contribution in [0.25, 0.3) is 0 Å². The number of carbonyl (C=O) groups is 2. The lowest BCUT2D eigenvalue weighted by Crippen LogP contribution is -2.41. The zero-order valence-corrected chi connectivity index (χ0v) is 16.3. The maximum atomic E-state index is 12.5. The number of nitrogens with zero attached hydrogens (tertiary/aromatic N) is 3. The molecule has 3 N–H and O–H groups in total. The van der Waals surface area contributed by atoms with E-state index in [0.717, 1.165) is 11.3 Å². The van der Waals surface area contributed by atoms with Crippen LogP contribution < -0.4 is 11.1 Å². The van der Waals surface area contributed by atoms with Crippen LogP contribution >= 0.6 is 11.3 Å². The number of likely N-dealkylation sites (tertiary alicyclic amines) is 1. The molecule has 1 aromatic heterocycles. The molecule has 1 saturated heterocycles. The average molecular weight is 419 g/mol. The Kier molecular flexibility index (Phi) is 4.63. The molecule has 28 heavy (non-hydrogen) atoms. The summed E-state index contributed by atoms with van der Waals surface area (Å²) >= 11 is 1.03. The third-order valence-electron chi connectivity index (χ3n) is 4.76. The van der Waals surface area contributed by atoms with Gasteiger partial charge >= 0.3 is 0 Å². The summed E-state index contributed by atoms with van der Waals surface area (Å²) in [6.45, 7) is 1.04. The van der Waals surface area contributed by atoms with Crippen LogP contribution in [-0.2, 0) is 14.8 Å². The number of nitrogens with two attached hydrogens (primary N) is 1. The van der Waals surface area contributed by atoms with Gasteiger partial charge in [-0.05, 0) is 25.0 Å². The summed E-state index contributed by atoms with van der Waals surface area (Å²) in [6, 6.07) is 6.75. The number of amides is 2. The van der Waals surface area contributed by atoms with Crippen LogP contribution in [0.15, 0.2) is 39.8 Å². The summed E-state index contributed by atoms with van der Waals surface area (Å²) < 4.78 is 28.4. The lowest BCUT2D eigenvalue weighted by Gasteiger charge is -2.32. The minimum absolute atomic E-state index is 0.175. The van der Waals surface area contributed by atoms with E-state index in [1.807, 2.05) is 4.90 Å². The van der Waals surface area contributed by atoms with Gasteiger partial charge in [-0.1, -0.05) is 23.5 Å². The normalized spacial score (nSPS) is 18.4. The first-order valence-corrected chi connectivity index (χ1v) is 10.9. The molecule has 0 bridgehead atoms. The molecule has 0 saturated carbocycles. The molecule has 0 radical (unpaired) electrons. The number of fused-ring (bicyclic) bond motifs is 1. The number of sulfonamides is 1. The Balaban J connectivity index is 1.41. The van der Waals surface area contributed by atoms with Gasteiger partial charge in [0.25, 0.3) is 15.9 Å². The zero-order valence-electron chi connectivity index (χ0n) is 14.7. The number of benzene rings is 1. The van der Waals surface area contributed by atoms with Crippen LogP contribution in [0.2, 0.25) is 0 Å². The number of amidine groups is 1. The van der Waals surface area contributed by atoms with Crippen molar-refractivity contribution < 1.29 is 18.0 Å². The number of hydrogen-bond donors (Lipinski definition) is 2. The van der Waals surface area contributed by atoms with E-state index in [-0.39, 0.29) is 21.6 Å². The summed E-state index contributed by atoms with van der Waals surface area (Å²) in [7, 11) is -3.66. The number of carbonyl (C=O) groups excluding carboxylic acids is 2. The van der Waals surface area contributed by atoms with Crippen molar-refractivity contribution in [3.05, 3.63) is 40.9 Å². The number of hydrogen-bond acceptors (Lipinski definition) is 7. The van der Waals surface area contributed by atoms with Crippen LogP contribution in [0, 0.1) is 5.92 Å². The van der Waals surface area contributed by atoms with E-state index in [2.05, 4.69) is 14.7 Å². The number of anilines is 1. The Morgan fingerprint density at radius 3 is 2.61 bits per heavy atom. The molecule has 0 spiro atoms. The fourth-order valence-electron chi connectivity index (χ4n) is 3.32. The molecule has 3 heterocycles. The summed E-state index contributed by atoms with van der Waals surface area (Å²) in [6.07, 6.45) is 2.45. The second-order valence-corrected chi connectivity index (χ2v) is 9.13. The largest absolute Gasteiger partial charge is 0.365 e. The average Bonchev–Trinajstić information content (AvgIpc) is 3.25. The first kappa shape index (κ1) is 18.6. The van der Waals surface area contributed by atoms with Crippen molar-refractivity contribution in [2.45, 2.75) is 17.7 Å². The fourth-order valence-corrected chi connectivity index (χ4v) is 5.22. The molecule has 2 aliphatic rings. The topological polar surface area (TPSA) is 135 Å². The lowest BCUT2D eigenvalue weighted by atomic mass is 9.95. The van der Waals surface area contributed by atoms with E-state index in [1.54, 1.807) is 24.3 Å². The second kappa shape index (κ2) is 6.99. The van der Waals surface area contributed by atoms with Crippen molar-refractivity contribution in [3.8, 4) is 0 Å². The second-order valence-electron chi connectivity index (χ2n) is 6.53. The number of aromatic nitrogens is 1. The minimum atomic E-state index is -3.66. The van der Waals surface area contributed by atoms with Gasteiger partial charge in [-0.3, -0.25) is 9.59 Å². The molecule has 0 atom stereocenters. The predicted molar refractivity (Wildman–Crippen MR) is 104 cm³/mol. The molecule has 146 valence electrons. The fraction of sp³-hybridized carbons (Fsp3) is 0.294. The Morgan fingerprint density at radius 2 is 1.93 bits per heavy atom. The molecular weight excluding hydrogens is 402 g/mol. The van der Waals surface area contributed by atoms with Crippen LogP contribution in [0.1, 0.15) is 28.1 Å². The number of nitrogens with one attached hydrogen (secondary N) is 1. The third kappa shape index (κ3) is 3.38. The molecule has 11 heteroatoms. The number of rotatable bonds is 3. The van der Waals surface area contributed by atoms with Crippen LogP contribution in [0.3, 0.4) is 0 Å². The number of thiazole rings is 1. The highest BCUT2D eigenvalue weighted by molar-refractivity contribution is 7.90. The van der Waals surface area contributed by atoms with Gasteiger partial charge in [-0.15, -0.1) is 4.40 Å². The highest BCUT2D eigenvalue weighted by Crippen LogP contribution is 2.30. The van der Waals surface area contributed by atoms with Crippen molar-refractivity contribution >= 4 is 44.1 Å². The van der Waals surface area contributed by atoms with Crippen molar-refractivity contribution in [1.82, 2.24) is 9.88 Å². The third-order valence-corrected chi connectivity index (χ3v) is 7.01. The molecule has 1 aromatic carbocycles. The first-order valence-electron chi connectivity index (χ1n) is 8.61. The Bertz CT molecular complexity index is 1080. The van der Waals surface area contributed by atoms with Gasteiger partial charge in [0.15, 0.2) is 11.0 Å². The van der Waals surface area contributed by atoms with Crippen molar-refractivity contribution in [2.75, 3.05) is 18.4 Å². The van der Waals surface area contributed by atoms with Crippen LogP contribution in [-0.4, -0.2) is 49.0 Å². The van der Waals surface area contributed by atoms with Gasteiger partial charge in [0, 0.05) is 24.6 Å². The van der Waals surface area contributed by atoms with E-state index < -0.39 is 15.9 Å². The smallest absolute Gasteiger partial charge is 0.285 e. The van der Waals surface area contributed by atoms with Crippen LogP contribution in [0.5, 0.6) is 0 Å². The van der Waals surface area contributed by atoms with Crippen molar-refractivity contribution in [1.29, 1.82) is 0 Å². The summed E-state index contributed by atoms with van der Waals surface area (Å²) in [5, 5.41) is 3.05. The Morgan fingerprint density at radius 1 is 1.21 bits per heavy atom. The maximum absolute atomic E-state index is 12.5. The Hall–Kier alpha value is -2.79. The Labute approximate surface area is 165 Å². The standard InChI is InChI=1S/C17H17N5O4S2/c18-14(23)12-9-19-17(27-12)20-16(24)10-5-7-22(8-6-10)15-11-3-1-2-4-13(11)28(25,26)21-15/h1-4,9-10H,5-8H2,(H2,18,23)(H,19,20,24). The summed E-state index contributed by atoms with van der Waals surface area (Å²) in [5.74, 6) is -0.545. The summed E-state index contributed by atoms with van der Waals surface area (Å²) in [5.41, 5.74) is 5.79. The van der Waals surface area contributed by atoms with Gasteiger partial charge in [0.1, 0.15) is 9.77 Å². The van der Waals surface area contributed by atoms with Gasteiger partial charge in [0.2, 0.25) is 5.91 Å². The van der Waals surface area contributed by atoms with Gasteiger partial charge in [0.05, 0.1) is 6.20 Å². The SMILES string of the molecule is NC(=O)c1cnc(NC(=O)C2CCN(C3=NS(=O)(=O)c4ccccc43)CC2)s1. The minimum Gasteiger partial charge on any atom is -0.365 e. The first-order chi connectivity index (χ1) is 13.3. The molecule has 2 aliphatic heterocycles. The van der Waals surface area contributed by atoms with E-state index in [4.69, 9.17) is 5.73 Å². The maximum Gasteiger partial charge on any atom is 0.285 e. The van der Waals surface area contributed by atoms with Crippen molar-refractivity contribution in [2.24, 2.45) is 16.0 Å². The van der Waals surface area contributed by atoms with E-state index >= 15 is 0 Å². The lowest BCUT2D eigenvalue weighted by molar-refractivity contribution is -0.120. The molecule has 0 unspecified atom stereocenters. The van der Waals surface area contributed by atoms with E-state index in [1.165, 1.54) is 6.20 Å². The van der Waals surface area contributed by atoms with E-state index in [0.29, 0.717) is 42.5 Å². The highest BCUT2D eigenvalue weighted by atomic mass is 32.2. The molecular formula is C17H17N5O4S2. The zero-order chi connectivity index (χ0) is 19.9. The van der Waals surface area contributed by atoms with Crippen LogP contribution in [0.4, 0.5) is 5.13 Å². The quantitative estimate of drug-likeness (QED) is 0.763. The monoisotopic (exact) mass is 419 g/mol. The van der Waals surface area contributed by atoms with E-state index in [9.17, 15) is 18.0 Å². The molecule has 1 fully saturated rings. The highest BCUT2D eigenvalue weighted by Gasteiger charge is 2.34. The molecule has 4 rings (SSSR count). The van der Waals surface area contributed by atoms with Gasteiger partial charge in [-0.2, -0.15) is 8.42 Å². The molecule has 2 amide bonds. The number of piperidine rings is 1. The molecule has 0 aliphatic carbocycles. The summed E-state index contributed by atoms with van der Waals surface area (Å²) in [4.78, 5) is 30.0. The molecule has 2 aromatic rings. The van der Waals surface area contributed by atoms with Crippen molar-refractivity contribution in [3.63, 3.8) is 0 Å². The van der Waals surface area contributed by atoms with Gasteiger partial charge < -0.3 is 16.0 Å². The predicted octanol–water partition coefficient (Wildman–Crippen LogP) is 1.04. The molecule has 9 nitrogen and oxygen atoms in total.